The second-order valence-electron chi connectivity index (χ2n) is 5.12. The number of amides is 1. The van der Waals surface area contributed by atoms with Gasteiger partial charge in [-0.1, -0.05) is 11.6 Å². The molecular weight excluding hydrogens is 308 g/mol. The maximum atomic E-state index is 12.0. The van der Waals surface area contributed by atoms with Gasteiger partial charge in [0.1, 0.15) is 0 Å². The van der Waals surface area contributed by atoms with Crippen LogP contribution in [0.15, 0.2) is 18.2 Å². The number of carbonyl (C=O) groups excluding carboxylic acids is 1. The molecule has 1 amide bonds. The number of benzene rings is 1. The van der Waals surface area contributed by atoms with E-state index in [2.05, 4.69) is 15.5 Å². The summed E-state index contributed by atoms with van der Waals surface area (Å²) in [5.41, 5.74) is 0.134. The first-order valence-electron chi connectivity index (χ1n) is 7.23. The van der Waals surface area contributed by atoms with Crippen LogP contribution in [0, 0.1) is 10.1 Å². The number of hydrogen-bond acceptors (Lipinski definition) is 5. The van der Waals surface area contributed by atoms with Crippen molar-refractivity contribution >= 4 is 23.2 Å². The van der Waals surface area contributed by atoms with Gasteiger partial charge in [-0.15, -0.1) is 0 Å². The molecule has 1 aromatic carbocycles. The van der Waals surface area contributed by atoms with E-state index in [1.165, 1.54) is 18.2 Å². The molecule has 2 rings (SSSR count). The Morgan fingerprint density at radius 3 is 2.77 bits per heavy atom. The van der Waals surface area contributed by atoms with Gasteiger partial charge in [0.2, 0.25) is 0 Å². The zero-order chi connectivity index (χ0) is 15.9. The Balaban J connectivity index is 1.78. The number of carbonyl (C=O) groups is 1. The van der Waals surface area contributed by atoms with Gasteiger partial charge < -0.3 is 15.5 Å². The van der Waals surface area contributed by atoms with Gasteiger partial charge in [0.05, 0.1) is 15.5 Å². The minimum atomic E-state index is -0.541. The molecule has 0 aromatic heterocycles. The maximum absolute atomic E-state index is 12.0. The molecule has 7 nitrogen and oxygen atoms in total. The summed E-state index contributed by atoms with van der Waals surface area (Å²) in [4.78, 5) is 24.4. The van der Waals surface area contributed by atoms with Gasteiger partial charge >= 0.3 is 0 Å². The van der Waals surface area contributed by atoms with Crippen molar-refractivity contribution in [3.05, 3.63) is 38.9 Å². The summed E-state index contributed by atoms with van der Waals surface area (Å²) in [5, 5.41) is 16.8. The molecule has 0 aliphatic carbocycles. The molecule has 0 radical (unpaired) electrons. The molecule has 1 aromatic rings. The van der Waals surface area contributed by atoms with Crippen LogP contribution in [0.1, 0.15) is 16.8 Å². The molecule has 8 heteroatoms. The van der Waals surface area contributed by atoms with E-state index in [0.717, 1.165) is 39.1 Å². The highest BCUT2D eigenvalue weighted by molar-refractivity contribution is 6.34. The molecular formula is C14H19ClN4O3. The molecule has 1 aliphatic heterocycles. The third-order valence-electron chi connectivity index (χ3n) is 3.55. The number of hydrogen-bond donors (Lipinski definition) is 2. The summed E-state index contributed by atoms with van der Waals surface area (Å²) in [7, 11) is 0. The normalized spacial score (nSPS) is 15.5. The summed E-state index contributed by atoms with van der Waals surface area (Å²) in [5.74, 6) is -0.305. The maximum Gasteiger partial charge on any atom is 0.270 e. The number of nitro benzene ring substituents is 1. The van der Waals surface area contributed by atoms with E-state index < -0.39 is 4.92 Å². The summed E-state index contributed by atoms with van der Waals surface area (Å²) in [6, 6.07) is 3.85. The Hall–Kier alpha value is -1.70. The molecule has 0 unspecified atom stereocenters. The number of nitrogens with one attached hydrogen (secondary N) is 2. The lowest BCUT2D eigenvalue weighted by atomic mass is 10.2. The topological polar surface area (TPSA) is 87.5 Å². The fraction of sp³-hybridized carbons (Fsp3) is 0.500. The van der Waals surface area contributed by atoms with Crippen molar-refractivity contribution < 1.29 is 9.72 Å². The zero-order valence-electron chi connectivity index (χ0n) is 12.2. The molecule has 2 N–H and O–H groups in total. The van der Waals surface area contributed by atoms with E-state index in [0.29, 0.717) is 6.54 Å². The Bertz CT molecular complexity index is 547. The first kappa shape index (κ1) is 16.7. The average Bonchev–Trinajstić information content (AvgIpc) is 2.52. The lowest BCUT2D eigenvalue weighted by molar-refractivity contribution is -0.384. The van der Waals surface area contributed by atoms with Crippen LogP contribution in [0.25, 0.3) is 0 Å². The monoisotopic (exact) mass is 326 g/mol. The predicted octanol–water partition coefficient (Wildman–Crippen LogP) is 1.27. The molecule has 1 aliphatic rings. The highest BCUT2D eigenvalue weighted by Crippen LogP contribution is 2.22. The van der Waals surface area contributed by atoms with Gasteiger partial charge in [-0.25, -0.2) is 0 Å². The van der Waals surface area contributed by atoms with Gasteiger partial charge in [-0.2, -0.15) is 0 Å². The Kier molecular flexibility index (Phi) is 6.11. The van der Waals surface area contributed by atoms with Gasteiger partial charge in [0, 0.05) is 44.9 Å². The molecule has 22 heavy (non-hydrogen) atoms. The Morgan fingerprint density at radius 2 is 2.14 bits per heavy atom. The van der Waals surface area contributed by atoms with E-state index in [1.807, 2.05) is 0 Å². The number of rotatable bonds is 6. The van der Waals surface area contributed by atoms with Gasteiger partial charge in [-0.05, 0) is 19.0 Å². The quantitative estimate of drug-likeness (QED) is 0.467. The summed E-state index contributed by atoms with van der Waals surface area (Å²) < 4.78 is 0. The van der Waals surface area contributed by atoms with Crippen LogP contribution in [-0.4, -0.2) is 55.0 Å². The Labute approximate surface area is 133 Å². The minimum Gasteiger partial charge on any atom is -0.352 e. The molecule has 120 valence electrons. The number of halogens is 1. The lowest BCUT2D eigenvalue weighted by Gasteiger charge is -2.27. The van der Waals surface area contributed by atoms with Crippen molar-refractivity contribution in [2.75, 3.05) is 39.3 Å². The fourth-order valence-electron chi connectivity index (χ4n) is 2.34. The van der Waals surface area contributed by atoms with Crippen molar-refractivity contribution in [1.82, 2.24) is 15.5 Å². The molecule has 1 heterocycles. The fourth-order valence-corrected chi connectivity index (χ4v) is 2.60. The highest BCUT2D eigenvalue weighted by Gasteiger charge is 2.15. The van der Waals surface area contributed by atoms with Crippen molar-refractivity contribution in [2.45, 2.75) is 6.42 Å². The molecule has 0 spiro atoms. The van der Waals surface area contributed by atoms with E-state index in [4.69, 9.17) is 11.6 Å². The van der Waals surface area contributed by atoms with Crippen molar-refractivity contribution in [2.24, 2.45) is 0 Å². The van der Waals surface area contributed by atoms with Gasteiger partial charge in [-0.3, -0.25) is 14.9 Å². The number of nitro groups is 1. The van der Waals surface area contributed by atoms with Crippen LogP contribution in [0.4, 0.5) is 5.69 Å². The highest BCUT2D eigenvalue weighted by atomic mass is 35.5. The minimum absolute atomic E-state index is 0.0915. The van der Waals surface area contributed by atoms with E-state index in [9.17, 15) is 14.9 Å². The predicted molar refractivity (Wildman–Crippen MR) is 84.4 cm³/mol. The molecule has 0 saturated carbocycles. The van der Waals surface area contributed by atoms with Crippen LogP contribution in [0.2, 0.25) is 5.02 Å². The van der Waals surface area contributed by atoms with Crippen LogP contribution in [-0.2, 0) is 0 Å². The Morgan fingerprint density at radius 1 is 1.41 bits per heavy atom. The van der Waals surface area contributed by atoms with Crippen LogP contribution in [0.5, 0.6) is 0 Å². The standard InChI is InChI=1S/C14H19ClN4O3/c15-13-10-11(19(21)22)2-3-12(13)14(20)17-4-1-7-18-8-5-16-6-9-18/h2-3,10,16H,1,4-9H2,(H,17,20). The number of piperazine rings is 1. The van der Waals surface area contributed by atoms with Crippen LogP contribution < -0.4 is 10.6 Å². The van der Waals surface area contributed by atoms with E-state index in [1.54, 1.807) is 0 Å². The summed E-state index contributed by atoms with van der Waals surface area (Å²) in [6.45, 7) is 5.56. The van der Waals surface area contributed by atoms with Gasteiger partial charge in [0.15, 0.2) is 0 Å². The first-order valence-corrected chi connectivity index (χ1v) is 7.61. The smallest absolute Gasteiger partial charge is 0.270 e. The second-order valence-corrected chi connectivity index (χ2v) is 5.53. The van der Waals surface area contributed by atoms with Crippen LogP contribution in [0.3, 0.4) is 0 Å². The average molecular weight is 327 g/mol. The van der Waals surface area contributed by atoms with Crippen LogP contribution >= 0.6 is 11.6 Å². The zero-order valence-corrected chi connectivity index (χ0v) is 12.9. The van der Waals surface area contributed by atoms with Gasteiger partial charge in [0.25, 0.3) is 11.6 Å². The number of nitrogens with zero attached hydrogens (tertiary/aromatic N) is 2. The largest absolute Gasteiger partial charge is 0.352 e. The third kappa shape index (κ3) is 4.66. The summed E-state index contributed by atoms with van der Waals surface area (Å²) in [6.07, 6.45) is 0.857. The van der Waals surface area contributed by atoms with Crippen molar-refractivity contribution in [3.63, 3.8) is 0 Å². The molecule has 0 bridgehead atoms. The second kappa shape index (κ2) is 8.07. The number of non-ortho nitro benzene ring substituents is 1. The molecule has 1 fully saturated rings. The summed E-state index contributed by atoms with van der Waals surface area (Å²) >= 11 is 5.92. The molecule has 1 saturated heterocycles. The van der Waals surface area contributed by atoms with Crippen molar-refractivity contribution in [3.8, 4) is 0 Å². The lowest BCUT2D eigenvalue weighted by Crippen LogP contribution is -2.44. The van der Waals surface area contributed by atoms with E-state index >= 15 is 0 Å². The van der Waals surface area contributed by atoms with Crippen molar-refractivity contribution in [1.29, 1.82) is 0 Å². The SMILES string of the molecule is O=C(NCCCN1CCNCC1)c1ccc([N+](=O)[O-])cc1Cl. The third-order valence-corrected chi connectivity index (χ3v) is 3.87. The molecule has 0 atom stereocenters. The van der Waals surface area contributed by atoms with E-state index in [-0.39, 0.29) is 22.2 Å². The first-order chi connectivity index (χ1) is 10.6.